The Labute approximate surface area is 104 Å². The van der Waals surface area contributed by atoms with Gasteiger partial charge in [0.25, 0.3) is 0 Å². The summed E-state index contributed by atoms with van der Waals surface area (Å²) in [6.45, 7) is 7.79. The molecule has 0 atom stereocenters. The maximum atomic E-state index is 4.98. The van der Waals surface area contributed by atoms with Crippen molar-refractivity contribution in [2.24, 2.45) is 0 Å². The zero-order valence-corrected chi connectivity index (χ0v) is 11.1. The van der Waals surface area contributed by atoms with Gasteiger partial charge < -0.3 is 10.1 Å². The molecule has 0 aliphatic rings. The van der Waals surface area contributed by atoms with Gasteiger partial charge in [-0.25, -0.2) is 0 Å². The van der Waals surface area contributed by atoms with Gasteiger partial charge in [0.05, 0.1) is 12.3 Å². The van der Waals surface area contributed by atoms with E-state index in [1.54, 1.807) is 7.11 Å². The van der Waals surface area contributed by atoms with E-state index in [-0.39, 0.29) is 0 Å². The summed E-state index contributed by atoms with van der Waals surface area (Å²) in [6, 6.07) is 2.05. The second-order valence-corrected chi connectivity index (χ2v) is 4.14. The molecule has 0 saturated heterocycles. The third-order valence-electron chi connectivity index (χ3n) is 2.47. The molecule has 0 radical (unpaired) electrons. The number of aryl methyl sites for hydroxylation is 1. The standard InChI is InChI=1S/C13H23N3O/c1-4-8-16-13(5-6-15-16)10-12(2)11-14-7-9-17-3/h5-6,10,14H,4,7-9,11H2,1-3H3/b12-10-. The van der Waals surface area contributed by atoms with Crippen molar-refractivity contribution in [1.82, 2.24) is 15.1 Å². The van der Waals surface area contributed by atoms with E-state index in [4.69, 9.17) is 4.74 Å². The minimum absolute atomic E-state index is 0.751. The van der Waals surface area contributed by atoms with Gasteiger partial charge in [0.2, 0.25) is 0 Å². The Kier molecular flexibility index (Phi) is 6.58. The molecule has 0 unspecified atom stereocenters. The van der Waals surface area contributed by atoms with Crippen LogP contribution in [0.2, 0.25) is 0 Å². The number of hydrogen-bond donors (Lipinski definition) is 1. The molecule has 0 amide bonds. The van der Waals surface area contributed by atoms with Gasteiger partial charge in [0.15, 0.2) is 0 Å². The smallest absolute Gasteiger partial charge is 0.0609 e. The number of nitrogens with zero attached hydrogens (tertiary/aromatic N) is 2. The normalized spacial score (nSPS) is 12.1. The minimum atomic E-state index is 0.751. The Balaban J connectivity index is 2.46. The van der Waals surface area contributed by atoms with Crippen molar-refractivity contribution >= 4 is 6.08 Å². The number of hydrogen-bond acceptors (Lipinski definition) is 3. The van der Waals surface area contributed by atoms with Crippen molar-refractivity contribution in [3.63, 3.8) is 0 Å². The highest BCUT2D eigenvalue weighted by Gasteiger charge is 1.99. The molecule has 96 valence electrons. The first kappa shape index (κ1) is 13.9. The van der Waals surface area contributed by atoms with Crippen molar-refractivity contribution in [1.29, 1.82) is 0 Å². The number of ether oxygens (including phenoxy) is 1. The summed E-state index contributed by atoms with van der Waals surface area (Å²) in [5.41, 5.74) is 2.48. The number of methoxy groups -OCH3 is 1. The molecule has 1 aromatic rings. The maximum Gasteiger partial charge on any atom is 0.0609 e. The zero-order chi connectivity index (χ0) is 12.5. The molecule has 0 bridgehead atoms. The second kappa shape index (κ2) is 8.03. The molecular weight excluding hydrogens is 214 g/mol. The Morgan fingerprint density at radius 2 is 2.41 bits per heavy atom. The molecule has 0 saturated carbocycles. The lowest BCUT2D eigenvalue weighted by atomic mass is 10.2. The SMILES string of the molecule is CCCn1nccc1/C=C(/C)CNCCOC. The van der Waals surface area contributed by atoms with E-state index in [9.17, 15) is 0 Å². The Morgan fingerprint density at radius 1 is 1.59 bits per heavy atom. The van der Waals surface area contributed by atoms with Crippen LogP contribution < -0.4 is 5.32 Å². The molecular formula is C13H23N3O. The van der Waals surface area contributed by atoms with Crippen molar-refractivity contribution in [3.8, 4) is 0 Å². The monoisotopic (exact) mass is 237 g/mol. The second-order valence-electron chi connectivity index (χ2n) is 4.14. The van der Waals surface area contributed by atoms with Gasteiger partial charge in [-0.15, -0.1) is 0 Å². The Morgan fingerprint density at radius 3 is 3.12 bits per heavy atom. The lowest BCUT2D eigenvalue weighted by Crippen LogP contribution is -2.20. The number of nitrogens with one attached hydrogen (secondary N) is 1. The van der Waals surface area contributed by atoms with Gasteiger partial charge >= 0.3 is 0 Å². The highest BCUT2D eigenvalue weighted by Crippen LogP contribution is 2.06. The van der Waals surface area contributed by atoms with E-state index in [2.05, 4.69) is 30.3 Å². The maximum absolute atomic E-state index is 4.98. The van der Waals surface area contributed by atoms with Crippen molar-refractivity contribution < 1.29 is 4.74 Å². The van der Waals surface area contributed by atoms with Crippen LogP contribution in [-0.2, 0) is 11.3 Å². The van der Waals surface area contributed by atoms with Crippen LogP contribution in [0.1, 0.15) is 26.0 Å². The van der Waals surface area contributed by atoms with E-state index in [0.29, 0.717) is 0 Å². The Hall–Kier alpha value is -1.13. The van der Waals surface area contributed by atoms with Crippen LogP contribution in [0, 0.1) is 0 Å². The topological polar surface area (TPSA) is 39.1 Å². The minimum Gasteiger partial charge on any atom is -0.383 e. The highest BCUT2D eigenvalue weighted by atomic mass is 16.5. The first-order chi connectivity index (χ1) is 8.27. The fraction of sp³-hybridized carbons (Fsp3) is 0.615. The molecule has 0 spiro atoms. The van der Waals surface area contributed by atoms with Gasteiger partial charge in [-0.1, -0.05) is 12.5 Å². The first-order valence-corrected chi connectivity index (χ1v) is 6.16. The van der Waals surface area contributed by atoms with Gasteiger partial charge in [0, 0.05) is 32.9 Å². The molecule has 4 nitrogen and oxygen atoms in total. The van der Waals surface area contributed by atoms with E-state index < -0.39 is 0 Å². The predicted molar refractivity (Wildman–Crippen MR) is 70.9 cm³/mol. The summed E-state index contributed by atoms with van der Waals surface area (Å²) in [6.07, 6.45) is 5.14. The summed E-state index contributed by atoms with van der Waals surface area (Å²) in [5.74, 6) is 0. The van der Waals surface area contributed by atoms with Crippen LogP contribution in [0.4, 0.5) is 0 Å². The summed E-state index contributed by atoms with van der Waals surface area (Å²) >= 11 is 0. The van der Waals surface area contributed by atoms with Crippen LogP contribution in [0.15, 0.2) is 17.8 Å². The molecule has 1 rings (SSSR count). The number of aromatic nitrogens is 2. The van der Waals surface area contributed by atoms with Crippen molar-refractivity contribution in [3.05, 3.63) is 23.5 Å². The van der Waals surface area contributed by atoms with Gasteiger partial charge in [-0.3, -0.25) is 4.68 Å². The van der Waals surface area contributed by atoms with E-state index >= 15 is 0 Å². The molecule has 1 aromatic heterocycles. The molecule has 0 aliphatic heterocycles. The molecule has 0 aliphatic carbocycles. The molecule has 17 heavy (non-hydrogen) atoms. The molecule has 4 heteroatoms. The third-order valence-corrected chi connectivity index (χ3v) is 2.47. The van der Waals surface area contributed by atoms with E-state index in [1.807, 2.05) is 16.9 Å². The van der Waals surface area contributed by atoms with Crippen LogP contribution in [-0.4, -0.2) is 36.6 Å². The summed E-state index contributed by atoms with van der Waals surface area (Å²) < 4.78 is 7.02. The molecule has 0 fully saturated rings. The predicted octanol–water partition coefficient (Wildman–Crippen LogP) is 1.93. The molecule has 1 N–H and O–H groups in total. The van der Waals surface area contributed by atoms with Crippen LogP contribution >= 0.6 is 0 Å². The number of rotatable bonds is 8. The molecule has 1 heterocycles. The van der Waals surface area contributed by atoms with Crippen molar-refractivity contribution in [2.45, 2.75) is 26.8 Å². The van der Waals surface area contributed by atoms with Crippen LogP contribution in [0.5, 0.6) is 0 Å². The van der Waals surface area contributed by atoms with Crippen molar-refractivity contribution in [2.75, 3.05) is 26.8 Å². The lowest BCUT2D eigenvalue weighted by Gasteiger charge is -2.06. The molecule has 0 aromatic carbocycles. The van der Waals surface area contributed by atoms with Crippen LogP contribution in [0.25, 0.3) is 6.08 Å². The lowest BCUT2D eigenvalue weighted by molar-refractivity contribution is 0.200. The average molecular weight is 237 g/mol. The van der Waals surface area contributed by atoms with Gasteiger partial charge in [-0.2, -0.15) is 5.10 Å². The summed E-state index contributed by atoms with van der Waals surface area (Å²) in [4.78, 5) is 0. The van der Waals surface area contributed by atoms with E-state index in [1.165, 1.54) is 11.3 Å². The summed E-state index contributed by atoms with van der Waals surface area (Å²) in [7, 11) is 1.72. The quantitative estimate of drug-likeness (QED) is 0.702. The zero-order valence-electron chi connectivity index (χ0n) is 11.1. The van der Waals surface area contributed by atoms with Gasteiger partial charge in [0.1, 0.15) is 0 Å². The summed E-state index contributed by atoms with van der Waals surface area (Å²) in [5, 5.41) is 7.63. The average Bonchev–Trinajstić information content (AvgIpc) is 2.73. The van der Waals surface area contributed by atoms with E-state index in [0.717, 1.165) is 32.7 Å². The van der Waals surface area contributed by atoms with Gasteiger partial charge in [-0.05, 0) is 25.5 Å². The first-order valence-electron chi connectivity index (χ1n) is 6.16. The fourth-order valence-corrected chi connectivity index (χ4v) is 1.63. The highest BCUT2D eigenvalue weighted by molar-refractivity contribution is 5.48. The largest absolute Gasteiger partial charge is 0.383 e. The fourth-order valence-electron chi connectivity index (χ4n) is 1.63. The Bertz CT molecular complexity index is 344. The third kappa shape index (κ3) is 5.15. The van der Waals surface area contributed by atoms with Crippen LogP contribution in [0.3, 0.4) is 0 Å².